The molecule has 0 unspecified atom stereocenters. The summed E-state index contributed by atoms with van der Waals surface area (Å²) in [4.78, 5) is 28.0. The Kier molecular flexibility index (Phi) is 9.12. The van der Waals surface area contributed by atoms with Crippen LogP contribution in [0.3, 0.4) is 0 Å². The van der Waals surface area contributed by atoms with Crippen molar-refractivity contribution in [1.29, 1.82) is 0 Å². The zero-order chi connectivity index (χ0) is 24.7. The van der Waals surface area contributed by atoms with Crippen LogP contribution in [-0.4, -0.2) is 47.3 Å². The average Bonchev–Trinajstić information content (AvgIpc) is 2.84. The van der Waals surface area contributed by atoms with Crippen LogP contribution in [0.15, 0.2) is 30.5 Å². The molecule has 0 aliphatic heterocycles. The van der Waals surface area contributed by atoms with Crippen LogP contribution in [0.25, 0.3) is 0 Å². The topological polar surface area (TPSA) is 121 Å². The Bertz CT molecular complexity index is 1010. The van der Waals surface area contributed by atoms with E-state index in [9.17, 15) is 14.7 Å². The number of methoxy groups -OCH3 is 1. The number of carbonyl (C=O) groups is 2. The lowest BCUT2D eigenvalue weighted by Gasteiger charge is -2.26. The van der Waals surface area contributed by atoms with Crippen LogP contribution in [0.1, 0.15) is 60.1 Å². The summed E-state index contributed by atoms with van der Waals surface area (Å²) in [5, 5.41) is 24.9. The number of rotatable bonds is 10. The van der Waals surface area contributed by atoms with Gasteiger partial charge in [-0.1, -0.05) is 17.7 Å². The highest BCUT2D eigenvalue weighted by molar-refractivity contribution is 6.33. The minimum atomic E-state index is -0.734. The Balaban J connectivity index is 1.60. The second kappa shape index (κ2) is 12.0. The predicted molar refractivity (Wildman–Crippen MR) is 130 cm³/mol. The molecule has 0 radical (unpaired) electrons. The number of aromatic nitrogens is 1. The summed E-state index contributed by atoms with van der Waals surface area (Å²) in [6.45, 7) is 2.52. The van der Waals surface area contributed by atoms with Gasteiger partial charge in [0.2, 0.25) is 0 Å². The normalized spacial score (nSPS) is 18.7. The molecule has 1 aliphatic rings. The van der Waals surface area contributed by atoms with Crippen molar-refractivity contribution >= 4 is 29.3 Å². The number of amides is 1. The Morgan fingerprint density at radius 3 is 2.59 bits per heavy atom. The zero-order valence-corrected chi connectivity index (χ0v) is 20.3. The summed E-state index contributed by atoms with van der Waals surface area (Å²) < 4.78 is 5.47. The molecule has 2 aromatic rings. The van der Waals surface area contributed by atoms with E-state index in [1.165, 1.54) is 6.20 Å². The highest BCUT2D eigenvalue weighted by Crippen LogP contribution is 2.31. The van der Waals surface area contributed by atoms with Crippen LogP contribution >= 0.6 is 11.6 Å². The zero-order valence-electron chi connectivity index (χ0n) is 19.5. The lowest BCUT2D eigenvalue weighted by molar-refractivity contribution is -0.143. The largest absolute Gasteiger partial charge is 0.496 e. The van der Waals surface area contributed by atoms with Gasteiger partial charge in [0.15, 0.2) is 0 Å². The van der Waals surface area contributed by atoms with Crippen molar-refractivity contribution in [2.45, 2.75) is 45.1 Å². The lowest BCUT2D eigenvalue weighted by Crippen LogP contribution is -2.32. The Hall–Kier alpha value is -2.84. The third-order valence-electron chi connectivity index (χ3n) is 6.36. The van der Waals surface area contributed by atoms with Gasteiger partial charge in [0.1, 0.15) is 11.6 Å². The number of aliphatic hydroxyl groups excluding tert-OH is 1. The standard InChI is InChI=1S/C25H32ClN3O5/c1-15(20-11-16(9-10-30)5-8-22(20)34-2)29-23-21(26)12-19(14-27-23)24(31)28-13-17-3-6-18(7-4-17)25(32)33/h5,8,11-12,14-15,17-18,30H,3-4,6-7,9-10,13H2,1-2H3,(H,27,29)(H,28,31)(H,32,33)/t15-,17-,18-/m0/s1. The number of carboxylic acids is 1. The molecule has 1 aromatic carbocycles. The van der Waals surface area contributed by atoms with Crippen LogP contribution in [0.5, 0.6) is 5.75 Å². The number of carboxylic acid groups (broad SMARTS) is 1. The van der Waals surface area contributed by atoms with Crippen LogP contribution in [-0.2, 0) is 11.2 Å². The fourth-order valence-electron chi connectivity index (χ4n) is 4.31. The molecule has 0 spiro atoms. The number of ether oxygens (including phenoxy) is 1. The molecule has 0 bridgehead atoms. The van der Waals surface area contributed by atoms with E-state index < -0.39 is 5.97 Å². The minimum Gasteiger partial charge on any atom is -0.496 e. The summed E-state index contributed by atoms with van der Waals surface area (Å²) in [7, 11) is 1.60. The molecule has 1 aromatic heterocycles. The van der Waals surface area contributed by atoms with Gasteiger partial charge in [0.05, 0.1) is 29.7 Å². The number of nitrogens with one attached hydrogen (secondary N) is 2. The van der Waals surface area contributed by atoms with Crippen molar-refractivity contribution in [3.05, 3.63) is 52.2 Å². The number of carbonyl (C=O) groups excluding carboxylic acids is 1. The van der Waals surface area contributed by atoms with Crippen molar-refractivity contribution in [3.63, 3.8) is 0 Å². The number of pyridine rings is 1. The van der Waals surface area contributed by atoms with E-state index in [0.29, 0.717) is 48.0 Å². The van der Waals surface area contributed by atoms with Gasteiger partial charge < -0.3 is 25.6 Å². The summed E-state index contributed by atoms with van der Waals surface area (Å²) >= 11 is 6.43. The molecule has 1 atom stereocenters. The SMILES string of the molecule is COc1ccc(CCO)cc1[C@H](C)Nc1ncc(C(=O)NC[C@H]2CC[C@H](C(=O)O)CC2)cc1Cl. The van der Waals surface area contributed by atoms with Crippen LogP contribution in [0.2, 0.25) is 5.02 Å². The smallest absolute Gasteiger partial charge is 0.306 e. The number of hydrogen-bond acceptors (Lipinski definition) is 6. The molecule has 1 aliphatic carbocycles. The molecule has 1 heterocycles. The highest BCUT2D eigenvalue weighted by Gasteiger charge is 2.26. The number of halogens is 1. The third-order valence-corrected chi connectivity index (χ3v) is 6.65. The molecular formula is C25H32ClN3O5. The fraction of sp³-hybridized carbons (Fsp3) is 0.480. The number of benzene rings is 1. The van der Waals surface area contributed by atoms with Crippen molar-refractivity contribution in [2.75, 3.05) is 25.6 Å². The molecule has 1 saturated carbocycles. The number of aliphatic carboxylic acids is 1. The Morgan fingerprint density at radius 1 is 1.24 bits per heavy atom. The number of hydrogen-bond donors (Lipinski definition) is 4. The first-order chi connectivity index (χ1) is 16.3. The second-order valence-corrected chi connectivity index (χ2v) is 9.14. The van der Waals surface area contributed by atoms with E-state index >= 15 is 0 Å². The minimum absolute atomic E-state index is 0.0636. The molecule has 0 saturated heterocycles. The maximum atomic E-state index is 12.6. The van der Waals surface area contributed by atoms with Gasteiger partial charge >= 0.3 is 5.97 Å². The molecule has 8 nitrogen and oxygen atoms in total. The second-order valence-electron chi connectivity index (χ2n) is 8.74. The van der Waals surface area contributed by atoms with Gasteiger partial charge in [0.25, 0.3) is 5.91 Å². The van der Waals surface area contributed by atoms with E-state index in [-0.39, 0.29) is 30.4 Å². The average molecular weight is 490 g/mol. The van der Waals surface area contributed by atoms with Gasteiger partial charge in [-0.25, -0.2) is 4.98 Å². The highest BCUT2D eigenvalue weighted by atomic mass is 35.5. The van der Waals surface area contributed by atoms with Crippen LogP contribution in [0.4, 0.5) is 5.82 Å². The summed E-state index contributed by atoms with van der Waals surface area (Å²) in [6, 6.07) is 7.17. The van der Waals surface area contributed by atoms with E-state index in [0.717, 1.165) is 24.0 Å². The molecule has 4 N–H and O–H groups in total. The number of aliphatic hydroxyl groups is 1. The van der Waals surface area contributed by atoms with E-state index in [2.05, 4.69) is 15.6 Å². The van der Waals surface area contributed by atoms with Crippen LogP contribution < -0.4 is 15.4 Å². The van der Waals surface area contributed by atoms with Crippen molar-refractivity contribution in [1.82, 2.24) is 10.3 Å². The number of nitrogens with zero attached hydrogens (tertiary/aromatic N) is 1. The number of anilines is 1. The Morgan fingerprint density at radius 2 is 1.97 bits per heavy atom. The maximum Gasteiger partial charge on any atom is 0.306 e. The first-order valence-electron chi connectivity index (χ1n) is 11.5. The predicted octanol–water partition coefficient (Wildman–Crippen LogP) is 4.07. The van der Waals surface area contributed by atoms with Gasteiger partial charge in [-0.15, -0.1) is 0 Å². The molecular weight excluding hydrogens is 458 g/mol. The molecule has 3 rings (SSSR count). The molecule has 184 valence electrons. The molecule has 34 heavy (non-hydrogen) atoms. The summed E-state index contributed by atoms with van der Waals surface area (Å²) in [6.07, 6.45) is 4.91. The third kappa shape index (κ3) is 6.61. The first kappa shape index (κ1) is 25.8. The van der Waals surface area contributed by atoms with Gasteiger partial charge in [-0.05, 0) is 68.7 Å². The quantitative estimate of drug-likeness (QED) is 0.397. The first-order valence-corrected chi connectivity index (χ1v) is 11.9. The Labute approximate surface area is 204 Å². The van der Waals surface area contributed by atoms with E-state index in [1.54, 1.807) is 13.2 Å². The molecule has 1 amide bonds. The van der Waals surface area contributed by atoms with Crippen LogP contribution in [0, 0.1) is 11.8 Å². The van der Waals surface area contributed by atoms with E-state index in [4.69, 9.17) is 21.4 Å². The lowest BCUT2D eigenvalue weighted by atomic mass is 9.82. The van der Waals surface area contributed by atoms with E-state index in [1.807, 2.05) is 25.1 Å². The van der Waals surface area contributed by atoms with Gasteiger partial charge in [-0.2, -0.15) is 0 Å². The fourth-order valence-corrected chi connectivity index (χ4v) is 4.53. The van der Waals surface area contributed by atoms with Gasteiger partial charge in [-0.3, -0.25) is 9.59 Å². The summed E-state index contributed by atoms with van der Waals surface area (Å²) in [5.74, 6) is 0.185. The summed E-state index contributed by atoms with van der Waals surface area (Å²) in [5.41, 5.74) is 2.27. The van der Waals surface area contributed by atoms with Crippen molar-refractivity contribution in [2.24, 2.45) is 11.8 Å². The van der Waals surface area contributed by atoms with Crippen molar-refractivity contribution < 1.29 is 24.5 Å². The van der Waals surface area contributed by atoms with Crippen molar-refractivity contribution in [3.8, 4) is 5.75 Å². The monoisotopic (exact) mass is 489 g/mol. The maximum absolute atomic E-state index is 12.6. The van der Waals surface area contributed by atoms with Gasteiger partial charge in [0, 0.05) is 24.9 Å². The molecule has 9 heteroatoms. The molecule has 1 fully saturated rings.